The van der Waals surface area contributed by atoms with E-state index in [2.05, 4.69) is 4.98 Å². The van der Waals surface area contributed by atoms with Crippen LogP contribution >= 0.6 is 34.8 Å². The van der Waals surface area contributed by atoms with Crippen LogP contribution in [0.4, 0.5) is 0 Å². The third kappa shape index (κ3) is 2.52. The van der Waals surface area contributed by atoms with Crippen LogP contribution in [0.3, 0.4) is 0 Å². The van der Waals surface area contributed by atoms with Gasteiger partial charge in [-0.05, 0) is 49.7 Å². The van der Waals surface area contributed by atoms with E-state index in [0.717, 1.165) is 28.1 Å². The smallest absolute Gasteiger partial charge is 0.132 e. The van der Waals surface area contributed by atoms with Gasteiger partial charge in [-0.3, -0.25) is 4.57 Å². The number of hydrogen-bond acceptors (Lipinski definition) is 1. The van der Waals surface area contributed by atoms with Crippen molar-refractivity contribution in [2.75, 3.05) is 0 Å². The van der Waals surface area contributed by atoms with E-state index in [1.54, 1.807) is 0 Å². The Morgan fingerprint density at radius 2 is 1.90 bits per heavy atom. The summed E-state index contributed by atoms with van der Waals surface area (Å²) < 4.78 is 2.03. The summed E-state index contributed by atoms with van der Waals surface area (Å²) in [5.41, 5.74) is 3.74. The molecule has 0 aliphatic rings. The number of aromatic nitrogens is 2. The lowest BCUT2D eigenvalue weighted by Gasteiger charge is -2.14. The fraction of sp³-hybridized carbons (Fsp3) is 0.188. The monoisotopic (exact) mass is 338 g/mol. The van der Waals surface area contributed by atoms with Crippen molar-refractivity contribution < 1.29 is 0 Å². The number of rotatable bonds is 2. The molecule has 0 fully saturated rings. The van der Waals surface area contributed by atoms with E-state index in [1.807, 2.05) is 54.8 Å². The van der Waals surface area contributed by atoms with Crippen LogP contribution in [-0.2, 0) is 0 Å². The first-order valence-electron chi connectivity index (χ1n) is 6.56. The molecule has 108 valence electrons. The van der Waals surface area contributed by atoms with E-state index in [-0.39, 0.29) is 5.38 Å². The maximum atomic E-state index is 6.31. The molecule has 2 aromatic carbocycles. The van der Waals surface area contributed by atoms with Gasteiger partial charge in [0.2, 0.25) is 0 Å². The summed E-state index contributed by atoms with van der Waals surface area (Å²) in [7, 11) is 0. The number of nitrogens with zero attached hydrogens (tertiary/aromatic N) is 2. The largest absolute Gasteiger partial charge is 0.295 e. The Balaban J connectivity index is 2.41. The topological polar surface area (TPSA) is 17.8 Å². The van der Waals surface area contributed by atoms with Crippen LogP contribution in [0.25, 0.3) is 16.7 Å². The summed E-state index contributed by atoms with van der Waals surface area (Å²) in [6, 6.07) is 11.4. The zero-order valence-corrected chi connectivity index (χ0v) is 13.8. The number of alkyl halides is 1. The van der Waals surface area contributed by atoms with Gasteiger partial charge in [0.25, 0.3) is 0 Å². The van der Waals surface area contributed by atoms with E-state index in [9.17, 15) is 0 Å². The molecule has 0 amide bonds. The van der Waals surface area contributed by atoms with E-state index in [1.165, 1.54) is 0 Å². The Labute approximate surface area is 138 Å². The minimum atomic E-state index is -0.227. The van der Waals surface area contributed by atoms with Crippen LogP contribution in [0.1, 0.15) is 23.7 Å². The summed E-state index contributed by atoms with van der Waals surface area (Å²) in [5, 5.41) is 1.15. The van der Waals surface area contributed by atoms with Crippen molar-refractivity contribution in [1.29, 1.82) is 0 Å². The van der Waals surface area contributed by atoms with Crippen LogP contribution in [0.5, 0.6) is 0 Å². The van der Waals surface area contributed by atoms with Crippen molar-refractivity contribution in [2.45, 2.75) is 19.2 Å². The van der Waals surface area contributed by atoms with Crippen LogP contribution in [0, 0.1) is 6.92 Å². The first-order chi connectivity index (χ1) is 9.99. The second-order valence-electron chi connectivity index (χ2n) is 4.94. The maximum Gasteiger partial charge on any atom is 0.132 e. The van der Waals surface area contributed by atoms with Crippen molar-refractivity contribution in [3.05, 3.63) is 57.8 Å². The van der Waals surface area contributed by atoms with Crippen LogP contribution in [0.2, 0.25) is 10.0 Å². The molecule has 0 N–H and O–H groups in total. The molecular formula is C16H13Cl3N2. The lowest BCUT2D eigenvalue weighted by Crippen LogP contribution is -2.04. The van der Waals surface area contributed by atoms with Crippen LogP contribution in [0.15, 0.2) is 36.4 Å². The van der Waals surface area contributed by atoms with E-state index < -0.39 is 0 Å². The molecule has 0 spiro atoms. The average molecular weight is 340 g/mol. The lowest BCUT2D eigenvalue weighted by atomic mass is 10.2. The normalized spacial score (nSPS) is 12.8. The Morgan fingerprint density at radius 1 is 1.14 bits per heavy atom. The van der Waals surface area contributed by atoms with Gasteiger partial charge < -0.3 is 0 Å². The molecule has 1 unspecified atom stereocenters. The maximum absolute atomic E-state index is 6.31. The minimum absolute atomic E-state index is 0.227. The second-order valence-corrected chi connectivity index (χ2v) is 6.44. The number of imidazole rings is 1. The van der Waals surface area contributed by atoms with Crippen molar-refractivity contribution >= 4 is 45.8 Å². The molecule has 0 bridgehead atoms. The highest BCUT2D eigenvalue weighted by atomic mass is 35.5. The molecule has 1 heterocycles. The van der Waals surface area contributed by atoms with Gasteiger partial charge in [-0.15, -0.1) is 11.6 Å². The fourth-order valence-corrected chi connectivity index (χ4v) is 2.91. The summed E-state index contributed by atoms with van der Waals surface area (Å²) in [6.07, 6.45) is 0. The molecule has 0 aliphatic heterocycles. The highest BCUT2D eigenvalue weighted by Gasteiger charge is 2.18. The Hall–Kier alpha value is -1.22. The van der Waals surface area contributed by atoms with E-state index >= 15 is 0 Å². The Morgan fingerprint density at radius 3 is 2.62 bits per heavy atom. The molecule has 5 heteroatoms. The third-order valence-corrected chi connectivity index (χ3v) is 4.32. The molecule has 1 atom stereocenters. The molecule has 0 saturated heterocycles. The second kappa shape index (κ2) is 5.53. The van der Waals surface area contributed by atoms with Gasteiger partial charge in [-0.2, -0.15) is 0 Å². The van der Waals surface area contributed by atoms with Gasteiger partial charge in [-0.1, -0.05) is 29.3 Å². The van der Waals surface area contributed by atoms with Gasteiger partial charge in [0.1, 0.15) is 5.82 Å². The van der Waals surface area contributed by atoms with E-state index in [4.69, 9.17) is 34.8 Å². The molecule has 1 aromatic heterocycles. The molecule has 3 aromatic rings. The van der Waals surface area contributed by atoms with Crippen LogP contribution in [-0.4, -0.2) is 9.55 Å². The minimum Gasteiger partial charge on any atom is -0.295 e. The molecular weight excluding hydrogens is 327 g/mol. The predicted molar refractivity (Wildman–Crippen MR) is 90.1 cm³/mol. The van der Waals surface area contributed by atoms with Gasteiger partial charge >= 0.3 is 0 Å². The van der Waals surface area contributed by atoms with Gasteiger partial charge in [0.15, 0.2) is 0 Å². The molecule has 0 radical (unpaired) electrons. The summed E-state index contributed by atoms with van der Waals surface area (Å²) >= 11 is 18.7. The number of benzene rings is 2. The molecule has 21 heavy (non-hydrogen) atoms. The highest BCUT2D eigenvalue weighted by Crippen LogP contribution is 2.32. The molecule has 2 nitrogen and oxygen atoms in total. The van der Waals surface area contributed by atoms with Crippen molar-refractivity contribution in [2.24, 2.45) is 0 Å². The molecule has 0 aliphatic carbocycles. The first kappa shape index (κ1) is 14.7. The van der Waals surface area contributed by atoms with Gasteiger partial charge in [-0.25, -0.2) is 4.98 Å². The quantitative estimate of drug-likeness (QED) is 0.528. The van der Waals surface area contributed by atoms with Crippen molar-refractivity contribution in [1.82, 2.24) is 9.55 Å². The molecule has 0 saturated carbocycles. The third-order valence-electron chi connectivity index (χ3n) is 3.48. The van der Waals surface area contributed by atoms with Crippen molar-refractivity contribution in [3.63, 3.8) is 0 Å². The Bertz CT molecular complexity index is 822. The average Bonchev–Trinajstić information content (AvgIpc) is 2.80. The Kier molecular flexibility index (Phi) is 3.87. The summed E-state index contributed by atoms with van der Waals surface area (Å²) in [5.74, 6) is 0.777. The van der Waals surface area contributed by atoms with E-state index in [0.29, 0.717) is 10.0 Å². The highest BCUT2D eigenvalue weighted by molar-refractivity contribution is 6.32. The number of hydrogen-bond donors (Lipinski definition) is 0. The molecule has 3 rings (SSSR count). The van der Waals surface area contributed by atoms with Crippen molar-refractivity contribution in [3.8, 4) is 5.69 Å². The number of halogens is 3. The summed E-state index contributed by atoms with van der Waals surface area (Å²) in [6.45, 7) is 3.89. The lowest BCUT2D eigenvalue weighted by molar-refractivity contribution is 0.878. The standard InChI is InChI=1S/C16H13Cl3N2/c1-9-12(19)4-3-5-14(9)21-15-8-11(18)6-7-13(15)20-16(21)10(2)17/h3-8,10H,1-2H3. The SMILES string of the molecule is Cc1c(Cl)cccc1-n1c(C(C)Cl)nc2ccc(Cl)cc21. The predicted octanol–water partition coefficient (Wildman–Crippen LogP) is 5.94. The zero-order chi connectivity index (χ0) is 15.1. The van der Waals surface area contributed by atoms with Crippen LogP contribution < -0.4 is 0 Å². The number of fused-ring (bicyclic) bond motifs is 1. The fourth-order valence-electron chi connectivity index (χ4n) is 2.43. The van der Waals surface area contributed by atoms with Gasteiger partial charge in [0.05, 0.1) is 22.1 Å². The summed E-state index contributed by atoms with van der Waals surface area (Å²) in [4.78, 5) is 4.63. The van der Waals surface area contributed by atoms with Gasteiger partial charge in [0, 0.05) is 10.0 Å². The zero-order valence-electron chi connectivity index (χ0n) is 11.6. The first-order valence-corrected chi connectivity index (χ1v) is 7.75.